The zero-order valence-corrected chi connectivity index (χ0v) is 12.8. The molecule has 2 aromatic rings. The third-order valence-electron chi connectivity index (χ3n) is 4.03. The number of rotatable bonds is 4. The van der Waals surface area contributed by atoms with E-state index in [0.29, 0.717) is 17.7 Å². The highest BCUT2D eigenvalue weighted by atomic mass is 32.1. The summed E-state index contributed by atoms with van der Waals surface area (Å²) in [5.41, 5.74) is 1.02. The van der Waals surface area contributed by atoms with Crippen molar-refractivity contribution in [3.05, 3.63) is 63.4 Å². The standard InChI is InChI=1S/C18H15NO2S/c20-17-15-3-1-2-4-16(15)18(21)19(17)11-14-10-9-13(22-14)8-7-12-5-6-12/h1-4,7-10,12H,5-6,11H2/b8-7+. The molecule has 1 aliphatic carbocycles. The van der Waals surface area contributed by atoms with Gasteiger partial charge in [-0.15, -0.1) is 11.3 Å². The highest BCUT2D eigenvalue weighted by Gasteiger charge is 2.35. The Balaban J connectivity index is 1.52. The molecule has 22 heavy (non-hydrogen) atoms. The minimum absolute atomic E-state index is 0.191. The van der Waals surface area contributed by atoms with Crippen molar-refractivity contribution in [2.24, 2.45) is 5.92 Å². The average molecular weight is 309 g/mol. The van der Waals surface area contributed by atoms with E-state index >= 15 is 0 Å². The van der Waals surface area contributed by atoms with Crippen LogP contribution in [0.3, 0.4) is 0 Å². The third-order valence-corrected chi connectivity index (χ3v) is 5.06. The molecule has 1 aromatic carbocycles. The quantitative estimate of drug-likeness (QED) is 0.801. The number of nitrogens with zero attached hydrogens (tertiary/aromatic N) is 1. The molecule has 0 N–H and O–H groups in total. The maximum absolute atomic E-state index is 12.3. The first-order valence-electron chi connectivity index (χ1n) is 7.44. The first-order chi connectivity index (χ1) is 10.7. The van der Waals surface area contributed by atoms with Gasteiger partial charge >= 0.3 is 0 Å². The predicted molar refractivity (Wildman–Crippen MR) is 86.7 cm³/mol. The van der Waals surface area contributed by atoms with Crippen LogP contribution in [0.5, 0.6) is 0 Å². The van der Waals surface area contributed by atoms with Gasteiger partial charge in [-0.3, -0.25) is 14.5 Å². The number of carbonyl (C=O) groups is 2. The van der Waals surface area contributed by atoms with Crippen LogP contribution >= 0.6 is 11.3 Å². The van der Waals surface area contributed by atoms with Crippen molar-refractivity contribution < 1.29 is 9.59 Å². The Morgan fingerprint density at radius 2 is 1.73 bits per heavy atom. The Hall–Kier alpha value is -2.20. The van der Waals surface area contributed by atoms with Gasteiger partial charge < -0.3 is 0 Å². The van der Waals surface area contributed by atoms with Crippen LogP contribution in [-0.4, -0.2) is 16.7 Å². The normalized spacial score (nSPS) is 17.5. The molecule has 3 nitrogen and oxygen atoms in total. The predicted octanol–water partition coefficient (Wildman–Crippen LogP) is 3.97. The lowest BCUT2D eigenvalue weighted by molar-refractivity contribution is 0.0644. The average Bonchev–Trinajstić information content (AvgIpc) is 3.22. The second-order valence-corrected chi connectivity index (χ2v) is 6.94. The van der Waals surface area contributed by atoms with Crippen molar-refractivity contribution in [1.82, 2.24) is 4.90 Å². The minimum Gasteiger partial charge on any atom is -0.269 e. The van der Waals surface area contributed by atoms with Gasteiger partial charge in [-0.05, 0) is 49.1 Å². The molecule has 110 valence electrons. The Bertz CT molecular complexity index is 751. The summed E-state index contributed by atoms with van der Waals surface area (Å²) in [7, 11) is 0. The Kier molecular flexibility index (Phi) is 3.19. The molecule has 1 fully saturated rings. The van der Waals surface area contributed by atoms with Crippen molar-refractivity contribution in [1.29, 1.82) is 0 Å². The smallest absolute Gasteiger partial charge is 0.261 e. The molecule has 0 spiro atoms. The van der Waals surface area contributed by atoms with Crippen LogP contribution in [0, 0.1) is 5.92 Å². The van der Waals surface area contributed by atoms with Gasteiger partial charge in [0.15, 0.2) is 0 Å². The van der Waals surface area contributed by atoms with Gasteiger partial charge in [0.05, 0.1) is 17.7 Å². The first-order valence-corrected chi connectivity index (χ1v) is 8.26. The molecule has 0 bridgehead atoms. The van der Waals surface area contributed by atoms with Crippen LogP contribution in [0.25, 0.3) is 6.08 Å². The first kappa shape index (κ1) is 13.5. The summed E-state index contributed by atoms with van der Waals surface area (Å²) < 4.78 is 0. The Labute approximate surface area is 132 Å². The number of allylic oxidation sites excluding steroid dienone is 1. The molecule has 0 radical (unpaired) electrons. The summed E-state index contributed by atoms with van der Waals surface area (Å²) >= 11 is 1.64. The van der Waals surface area contributed by atoms with Crippen molar-refractivity contribution in [3.63, 3.8) is 0 Å². The molecular formula is C18H15NO2S. The molecule has 2 amide bonds. The summed E-state index contributed by atoms with van der Waals surface area (Å²) in [5.74, 6) is 0.370. The van der Waals surface area contributed by atoms with Crippen molar-refractivity contribution in [2.75, 3.05) is 0 Å². The van der Waals surface area contributed by atoms with E-state index in [4.69, 9.17) is 0 Å². The van der Waals surface area contributed by atoms with Crippen molar-refractivity contribution >= 4 is 29.2 Å². The van der Waals surface area contributed by atoms with Gasteiger partial charge in [0, 0.05) is 9.75 Å². The fourth-order valence-electron chi connectivity index (χ4n) is 2.63. The Morgan fingerprint density at radius 1 is 1.05 bits per heavy atom. The molecule has 0 saturated heterocycles. The van der Waals surface area contributed by atoms with Gasteiger partial charge in [-0.1, -0.05) is 18.2 Å². The second-order valence-electron chi connectivity index (χ2n) is 5.74. The summed E-state index contributed by atoms with van der Waals surface area (Å²) in [6.07, 6.45) is 6.99. The summed E-state index contributed by atoms with van der Waals surface area (Å²) in [6, 6.07) is 11.1. The Morgan fingerprint density at radius 3 is 2.36 bits per heavy atom. The highest BCUT2D eigenvalue weighted by molar-refractivity contribution is 7.12. The molecule has 4 heteroatoms. The summed E-state index contributed by atoms with van der Waals surface area (Å²) in [6.45, 7) is 0.355. The van der Waals surface area contributed by atoms with Crippen molar-refractivity contribution in [3.8, 4) is 0 Å². The third kappa shape index (κ3) is 2.40. The van der Waals surface area contributed by atoms with Crippen LogP contribution < -0.4 is 0 Å². The highest BCUT2D eigenvalue weighted by Crippen LogP contribution is 2.32. The molecule has 2 aliphatic rings. The maximum atomic E-state index is 12.3. The second kappa shape index (κ2) is 5.21. The van der Waals surface area contributed by atoms with E-state index in [1.807, 2.05) is 6.07 Å². The number of imide groups is 1. The van der Waals surface area contributed by atoms with Gasteiger partial charge in [0.1, 0.15) is 0 Å². The molecule has 2 heterocycles. The van der Waals surface area contributed by atoms with Crippen LogP contribution in [0.4, 0.5) is 0 Å². The van der Waals surface area contributed by atoms with Gasteiger partial charge in [0.25, 0.3) is 11.8 Å². The lowest BCUT2D eigenvalue weighted by atomic mass is 10.1. The lowest BCUT2D eigenvalue weighted by Crippen LogP contribution is -2.28. The molecule has 0 atom stereocenters. The van der Waals surface area contributed by atoms with E-state index in [0.717, 1.165) is 10.8 Å². The molecule has 1 aliphatic heterocycles. The minimum atomic E-state index is -0.191. The van der Waals surface area contributed by atoms with E-state index in [2.05, 4.69) is 18.2 Å². The largest absolute Gasteiger partial charge is 0.269 e. The molecule has 0 unspecified atom stereocenters. The summed E-state index contributed by atoms with van der Waals surface area (Å²) in [4.78, 5) is 28.2. The number of amides is 2. The fraction of sp³-hybridized carbons (Fsp3) is 0.222. The maximum Gasteiger partial charge on any atom is 0.261 e. The number of hydrogen-bond acceptors (Lipinski definition) is 3. The number of thiophene rings is 1. The number of carbonyl (C=O) groups excluding carboxylic acids is 2. The monoisotopic (exact) mass is 309 g/mol. The lowest BCUT2D eigenvalue weighted by Gasteiger charge is -2.11. The number of hydrogen-bond donors (Lipinski definition) is 0. The number of benzene rings is 1. The van der Waals surface area contributed by atoms with Crippen LogP contribution in [-0.2, 0) is 6.54 Å². The van der Waals surface area contributed by atoms with Gasteiger partial charge in [-0.25, -0.2) is 0 Å². The van der Waals surface area contributed by atoms with E-state index in [9.17, 15) is 9.59 Å². The topological polar surface area (TPSA) is 37.4 Å². The van der Waals surface area contributed by atoms with E-state index < -0.39 is 0 Å². The summed E-state index contributed by atoms with van der Waals surface area (Å²) in [5, 5.41) is 0. The molecule has 4 rings (SSSR count). The van der Waals surface area contributed by atoms with Crippen LogP contribution in [0.2, 0.25) is 0 Å². The van der Waals surface area contributed by atoms with Gasteiger partial charge in [0.2, 0.25) is 0 Å². The van der Waals surface area contributed by atoms with Gasteiger partial charge in [-0.2, -0.15) is 0 Å². The fourth-order valence-corrected chi connectivity index (χ4v) is 3.54. The van der Waals surface area contributed by atoms with Crippen molar-refractivity contribution in [2.45, 2.75) is 19.4 Å². The van der Waals surface area contributed by atoms with Crippen LogP contribution in [0.1, 0.15) is 43.3 Å². The SMILES string of the molecule is O=C1c2ccccc2C(=O)N1Cc1ccc(/C=C/C2CC2)s1. The molecule has 1 aromatic heterocycles. The number of fused-ring (bicyclic) bond motifs is 1. The molecule has 1 saturated carbocycles. The van der Waals surface area contributed by atoms with Crippen LogP contribution in [0.15, 0.2) is 42.5 Å². The van der Waals surface area contributed by atoms with E-state index in [1.54, 1.807) is 35.6 Å². The van der Waals surface area contributed by atoms with E-state index in [-0.39, 0.29) is 11.8 Å². The zero-order chi connectivity index (χ0) is 15.1. The zero-order valence-electron chi connectivity index (χ0n) is 12.0. The van der Waals surface area contributed by atoms with E-state index in [1.165, 1.54) is 22.6 Å². The molecular weight excluding hydrogens is 294 g/mol.